The Balaban J connectivity index is 1.60. The Morgan fingerprint density at radius 3 is 2.20 bits per heavy atom. The third-order valence-corrected chi connectivity index (χ3v) is 5.81. The fraction of sp³-hybridized carbons (Fsp3) is 0.316. The summed E-state index contributed by atoms with van der Waals surface area (Å²) in [5.74, 6) is 0.695. The summed E-state index contributed by atoms with van der Waals surface area (Å²) >= 11 is 0. The number of benzene rings is 2. The van der Waals surface area contributed by atoms with Crippen LogP contribution in [-0.2, 0) is 10.0 Å². The van der Waals surface area contributed by atoms with Gasteiger partial charge in [0, 0.05) is 5.71 Å². The van der Waals surface area contributed by atoms with Crippen molar-refractivity contribution in [1.82, 2.24) is 4.83 Å². The first-order valence-corrected chi connectivity index (χ1v) is 9.85. The van der Waals surface area contributed by atoms with E-state index >= 15 is 0 Å². The number of rotatable bonds is 4. The summed E-state index contributed by atoms with van der Waals surface area (Å²) in [7, 11) is -3.61. The summed E-state index contributed by atoms with van der Waals surface area (Å²) in [5.41, 5.74) is 3.10. The number of sulfonamides is 1. The molecule has 0 bridgehead atoms. The molecule has 1 fully saturated rings. The number of hydrogen-bond donors (Lipinski definition) is 2. The van der Waals surface area contributed by atoms with Crippen molar-refractivity contribution < 1.29 is 13.5 Å². The zero-order valence-electron chi connectivity index (χ0n) is 14.1. The Morgan fingerprint density at radius 1 is 1.00 bits per heavy atom. The van der Waals surface area contributed by atoms with Crippen LogP contribution in [0.2, 0.25) is 0 Å². The predicted octanol–water partition coefficient (Wildman–Crippen LogP) is 3.69. The summed E-state index contributed by atoms with van der Waals surface area (Å²) in [6.07, 6.45) is 3.38. The van der Waals surface area contributed by atoms with Gasteiger partial charge >= 0.3 is 0 Å². The van der Waals surface area contributed by atoms with Gasteiger partial charge in [-0.3, -0.25) is 0 Å². The molecule has 0 aliphatic heterocycles. The van der Waals surface area contributed by atoms with E-state index in [4.69, 9.17) is 0 Å². The third kappa shape index (κ3) is 4.39. The van der Waals surface area contributed by atoms with E-state index in [9.17, 15) is 13.5 Å². The summed E-state index contributed by atoms with van der Waals surface area (Å²) in [6, 6.07) is 14.0. The maximum Gasteiger partial charge on any atom is 0.276 e. The minimum Gasteiger partial charge on any atom is -0.508 e. The molecule has 0 amide bonds. The van der Waals surface area contributed by atoms with Crippen molar-refractivity contribution in [3.05, 3.63) is 59.7 Å². The number of aromatic hydroxyl groups is 1. The van der Waals surface area contributed by atoms with Crippen LogP contribution in [0.3, 0.4) is 0 Å². The Hall–Kier alpha value is -2.34. The predicted molar refractivity (Wildman–Crippen MR) is 98.3 cm³/mol. The fourth-order valence-corrected chi connectivity index (χ4v) is 3.89. The first kappa shape index (κ1) is 17.5. The highest BCUT2D eigenvalue weighted by molar-refractivity contribution is 7.89. The molecular weight excluding hydrogens is 336 g/mol. The Kier molecular flexibility index (Phi) is 5.08. The van der Waals surface area contributed by atoms with E-state index in [1.54, 1.807) is 36.4 Å². The van der Waals surface area contributed by atoms with Crippen molar-refractivity contribution in [3.63, 3.8) is 0 Å². The summed E-state index contributed by atoms with van der Waals surface area (Å²) < 4.78 is 24.5. The lowest BCUT2D eigenvalue weighted by molar-refractivity contribution is 0.474. The molecule has 0 unspecified atom stereocenters. The molecule has 2 aromatic rings. The van der Waals surface area contributed by atoms with Crippen LogP contribution >= 0.6 is 0 Å². The van der Waals surface area contributed by atoms with Crippen molar-refractivity contribution >= 4 is 15.7 Å². The molecule has 2 aromatic carbocycles. The lowest BCUT2D eigenvalue weighted by atomic mass is 9.83. The first-order valence-electron chi connectivity index (χ1n) is 8.37. The highest BCUT2D eigenvalue weighted by Gasteiger charge is 2.20. The average Bonchev–Trinajstić information content (AvgIpc) is 2.62. The van der Waals surface area contributed by atoms with E-state index in [1.165, 1.54) is 5.56 Å². The second kappa shape index (κ2) is 7.27. The van der Waals surface area contributed by atoms with Gasteiger partial charge in [-0.1, -0.05) is 29.8 Å². The molecule has 1 aliphatic rings. The van der Waals surface area contributed by atoms with Gasteiger partial charge in [0.05, 0.1) is 4.90 Å². The maximum atomic E-state index is 12.3. The van der Waals surface area contributed by atoms with Crippen LogP contribution in [-0.4, -0.2) is 19.2 Å². The number of hydrogen-bond acceptors (Lipinski definition) is 4. The molecule has 5 nitrogen and oxygen atoms in total. The Labute approximate surface area is 148 Å². The number of hydrazone groups is 1. The maximum absolute atomic E-state index is 12.3. The molecule has 1 aliphatic carbocycles. The lowest BCUT2D eigenvalue weighted by Crippen LogP contribution is -2.22. The molecule has 1 saturated carbocycles. The molecule has 2 N–H and O–H groups in total. The summed E-state index contributed by atoms with van der Waals surface area (Å²) in [6.45, 7) is 1.91. The minimum atomic E-state index is -3.61. The molecule has 0 saturated heterocycles. The second-order valence-corrected chi connectivity index (χ2v) is 8.11. The van der Waals surface area contributed by atoms with Crippen LogP contribution in [0.15, 0.2) is 58.5 Å². The van der Waals surface area contributed by atoms with E-state index in [0.717, 1.165) is 37.0 Å². The summed E-state index contributed by atoms with van der Waals surface area (Å²) in [4.78, 5) is 2.58. The third-order valence-electron chi connectivity index (χ3n) is 4.58. The van der Waals surface area contributed by atoms with E-state index in [0.29, 0.717) is 5.92 Å². The van der Waals surface area contributed by atoms with Crippen LogP contribution < -0.4 is 4.83 Å². The highest BCUT2D eigenvalue weighted by Crippen LogP contribution is 2.32. The quantitative estimate of drug-likeness (QED) is 0.818. The number of aryl methyl sites for hydroxylation is 1. The molecule has 132 valence electrons. The highest BCUT2D eigenvalue weighted by atomic mass is 32.2. The lowest BCUT2D eigenvalue weighted by Gasteiger charge is -2.23. The van der Waals surface area contributed by atoms with Crippen LogP contribution in [0, 0.1) is 6.92 Å². The van der Waals surface area contributed by atoms with Crippen molar-refractivity contribution in [3.8, 4) is 5.75 Å². The van der Waals surface area contributed by atoms with Gasteiger partial charge in [0.1, 0.15) is 5.75 Å². The summed E-state index contributed by atoms with van der Waals surface area (Å²) in [5, 5.41) is 13.5. The molecule has 25 heavy (non-hydrogen) atoms. The molecule has 0 atom stereocenters. The topological polar surface area (TPSA) is 78.8 Å². The van der Waals surface area contributed by atoms with Crippen molar-refractivity contribution in [2.45, 2.75) is 43.4 Å². The number of phenolic OH excluding ortho intramolecular Hbond substituents is 1. The van der Waals surface area contributed by atoms with Gasteiger partial charge in [-0.2, -0.15) is 13.5 Å². The van der Waals surface area contributed by atoms with Crippen LogP contribution in [0.4, 0.5) is 0 Å². The molecule has 0 radical (unpaired) electrons. The minimum absolute atomic E-state index is 0.222. The molecule has 3 rings (SSSR count). The zero-order chi connectivity index (χ0) is 17.9. The Bertz CT molecular complexity index is 847. The number of nitrogens with zero attached hydrogens (tertiary/aromatic N) is 1. The molecule has 0 spiro atoms. The average molecular weight is 358 g/mol. The normalized spacial score (nSPS) is 18.0. The standard InChI is InChI=1S/C19H22N2O3S/c1-14-2-12-19(13-3-14)25(23,24)21-20-17-8-4-15(5-9-17)16-6-10-18(22)11-7-16/h2-3,6-7,10-13,15,21-22H,4-5,8-9H2,1H3. The SMILES string of the molecule is Cc1ccc(S(=O)(=O)NN=C2CCC(c3ccc(O)cc3)CC2)cc1. The van der Waals surface area contributed by atoms with Gasteiger partial charge in [0.2, 0.25) is 0 Å². The largest absolute Gasteiger partial charge is 0.508 e. The van der Waals surface area contributed by atoms with Gasteiger partial charge in [-0.15, -0.1) is 0 Å². The molecular formula is C19H22N2O3S. The zero-order valence-corrected chi connectivity index (χ0v) is 15.0. The van der Waals surface area contributed by atoms with Gasteiger partial charge in [-0.05, 0) is 68.4 Å². The number of phenols is 1. The van der Waals surface area contributed by atoms with Crippen LogP contribution in [0.5, 0.6) is 5.75 Å². The molecule has 0 heterocycles. The van der Waals surface area contributed by atoms with Gasteiger partial charge < -0.3 is 5.11 Å². The van der Waals surface area contributed by atoms with E-state index in [-0.39, 0.29) is 10.6 Å². The smallest absolute Gasteiger partial charge is 0.276 e. The van der Waals surface area contributed by atoms with Crippen molar-refractivity contribution in [2.24, 2.45) is 5.10 Å². The van der Waals surface area contributed by atoms with Crippen LogP contribution in [0.1, 0.15) is 42.7 Å². The molecule has 6 heteroatoms. The second-order valence-electron chi connectivity index (χ2n) is 6.45. The van der Waals surface area contributed by atoms with E-state index in [2.05, 4.69) is 9.93 Å². The molecule has 0 aromatic heterocycles. The fourth-order valence-electron chi connectivity index (χ4n) is 3.04. The van der Waals surface area contributed by atoms with Gasteiger partial charge in [-0.25, -0.2) is 4.83 Å². The van der Waals surface area contributed by atoms with Crippen molar-refractivity contribution in [1.29, 1.82) is 0 Å². The first-order chi connectivity index (χ1) is 11.9. The van der Waals surface area contributed by atoms with Gasteiger partial charge in [0.25, 0.3) is 10.0 Å². The monoisotopic (exact) mass is 358 g/mol. The number of nitrogens with one attached hydrogen (secondary N) is 1. The van der Waals surface area contributed by atoms with E-state index in [1.807, 2.05) is 19.1 Å². The Morgan fingerprint density at radius 2 is 1.60 bits per heavy atom. The van der Waals surface area contributed by atoms with Crippen LogP contribution in [0.25, 0.3) is 0 Å². The van der Waals surface area contributed by atoms with Gasteiger partial charge in [0.15, 0.2) is 0 Å². The van der Waals surface area contributed by atoms with E-state index < -0.39 is 10.0 Å². The van der Waals surface area contributed by atoms with Crippen molar-refractivity contribution in [2.75, 3.05) is 0 Å².